The van der Waals surface area contributed by atoms with Crippen molar-refractivity contribution in [2.45, 2.75) is 26.5 Å². The average molecular weight is 402 g/mol. The summed E-state index contributed by atoms with van der Waals surface area (Å²) in [6.45, 7) is 5.29. The van der Waals surface area contributed by atoms with Crippen LogP contribution in [0.25, 0.3) is 11.0 Å². The van der Waals surface area contributed by atoms with Crippen molar-refractivity contribution in [2.24, 2.45) is 0 Å². The van der Waals surface area contributed by atoms with Gasteiger partial charge in [0.1, 0.15) is 23.9 Å². The highest BCUT2D eigenvalue weighted by atomic mass is 16.5. The van der Waals surface area contributed by atoms with Crippen LogP contribution in [0.5, 0.6) is 17.2 Å². The summed E-state index contributed by atoms with van der Waals surface area (Å²) in [5.74, 6) is 3.35. The Morgan fingerprint density at radius 1 is 0.900 bits per heavy atom. The molecule has 0 saturated heterocycles. The molecule has 4 rings (SSSR count). The number of rotatable bonds is 8. The molecule has 4 aromatic rings. The summed E-state index contributed by atoms with van der Waals surface area (Å²) < 4.78 is 19.5. The van der Waals surface area contributed by atoms with E-state index in [0.29, 0.717) is 13.2 Å². The van der Waals surface area contributed by atoms with Crippen LogP contribution in [-0.4, -0.2) is 23.3 Å². The highest BCUT2D eigenvalue weighted by Crippen LogP contribution is 2.26. The van der Waals surface area contributed by atoms with Crippen LogP contribution < -0.4 is 14.2 Å². The number of hydrogen-bond acceptors (Lipinski definition) is 4. The summed E-state index contributed by atoms with van der Waals surface area (Å²) in [5.41, 5.74) is 3.20. The smallest absolute Gasteiger partial charge is 0.153 e. The first-order chi connectivity index (χ1) is 14.6. The van der Waals surface area contributed by atoms with Crippen LogP contribution in [0.15, 0.2) is 72.8 Å². The van der Waals surface area contributed by atoms with Gasteiger partial charge in [-0.2, -0.15) is 0 Å². The predicted octanol–water partition coefficient (Wildman–Crippen LogP) is 5.57. The van der Waals surface area contributed by atoms with Crippen LogP contribution in [0, 0.1) is 6.92 Å². The van der Waals surface area contributed by atoms with E-state index >= 15 is 0 Å². The van der Waals surface area contributed by atoms with E-state index in [1.165, 1.54) is 5.56 Å². The van der Waals surface area contributed by atoms with Crippen molar-refractivity contribution in [3.05, 3.63) is 84.2 Å². The number of methoxy groups -OCH3 is 1. The van der Waals surface area contributed by atoms with E-state index in [1.54, 1.807) is 7.11 Å². The van der Waals surface area contributed by atoms with Gasteiger partial charge in [-0.25, -0.2) is 4.98 Å². The van der Waals surface area contributed by atoms with E-state index < -0.39 is 0 Å². The van der Waals surface area contributed by atoms with Crippen molar-refractivity contribution < 1.29 is 14.2 Å². The molecule has 1 unspecified atom stereocenters. The maximum Gasteiger partial charge on any atom is 0.153 e. The fourth-order valence-electron chi connectivity index (χ4n) is 3.51. The molecule has 0 bridgehead atoms. The number of benzene rings is 3. The van der Waals surface area contributed by atoms with Crippen LogP contribution in [-0.2, 0) is 6.54 Å². The Hall–Kier alpha value is -3.47. The summed E-state index contributed by atoms with van der Waals surface area (Å²) in [7, 11) is 1.65. The molecule has 0 aliphatic rings. The standard InChI is InChI=1S/C25H26N2O3/c1-18-7-6-8-22(17-18)30-19(2)25-26-23-9-4-5-10-24(23)27(25)15-16-29-21-13-11-20(28-3)12-14-21/h4-14,17,19H,15-16H2,1-3H3. The van der Waals surface area contributed by atoms with Gasteiger partial charge < -0.3 is 18.8 Å². The normalized spacial score (nSPS) is 12.0. The monoisotopic (exact) mass is 402 g/mol. The number of aromatic nitrogens is 2. The molecule has 5 heteroatoms. The number of nitrogens with zero attached hydrogens (tertiary/aromatic N) is 2. The molecule has 30 heavy (non-hydrogen) atoms. The van der Waals surface area contributed by atoms with Gasteiger partial charge in [-0.15, -0.1) is 0 Å². The third kappa shape index (κ3) is 4.40. The Balaban J connectivity index is 1.53. The fraction of sp³-hybridized carbons (Fsp3) is 0.240. The second-order valence-corrected chi connectivity index (χ2v) is 7.21. The lowest BCUT2D eigenvalue weighted by Crippen LogP contribution is -2.15. The molecule has 0 aliphatic heterocycles. The zero-order valence-electron chi connectivity index (χ0n) is 17.5. The van der Waals surface area contributed by atoms with Crippen LogP contribution in [0.4, 0.5) is 0 Å². The number of fused-ring (bicyclic) bond motifs is 1. The predicted molar refractivity (Wildman–Crippen MR) is 118 cm³/mol. The quantitative estimate of drug-likeness (QED) is 0.386. The Bertz CT molecular complexity index is 1120. The van der Waals surface area contributed by atoms with Crippen molar-refractivity contribution in [3.8, 4) is 17.2 Å². The largest absolute Gasteiger partial charge is 0.497 e. The highest BCUT2D eigenvalue weighted by Gasteiger charge is 2.18. The van der Waals surface area contributed by atoms with Crippen molar-refractivity contribution in [2.75, 3.05) is 13.7 Å². The van der Waals surface area contributed by atoms with Gasteiger partial charge in [0.25, 0.3) is 0 Å². The summed E-state index contributed by atoms with van der Waals surface area (Å²) >= 11 is 0. The number of imidazole rings is 1. The minimum Gasteiger partial charge on any atom is -0.497 e. The first-order valence-electron chi connectivity index (χ1n) is 10.1. The minimum absolute atomic E-state index is 0.194. The van der Waals surface area contributed by atoms with Gasteiger partial charge in [-0.3, -0.25) is 0 Å². The topological polar surface area (TPSA) is 45.5 Å². The summed E-state index contributed by atoms with van der Waals surface area (Å²) in [5, 5.41) is 0. The second kappa shape index (κ2) is 8.91. The van der Waals surface area contributed by atoms with Gasteiger partial charge in [0.2, 0.25) is 0 Å². The summed E-state index contributed by atoms with van der Waals surface area (Å²) in [6, 6.07) is 23.8. The Labute approximate surface area is 176 Å². The first kappa shape index (κ1) is 19.8. The number of para-hydroxylation sites is 2. The Morgan fingerprint density at radius 3 is 2.43 bits per heavy atom. The molecule has 1 aromatic heterocycles. The molecule has 5 nitrogen and oxygen atoms in total. The molecule has 0 fully saturated rings. The molecule has 0 radical (unpaired) electrons. The van der Waals surface area contributed by atoms with Crippen molar-refractivity contribution in [3.63, 3.8) is 0 Å². The summed E-state index contributed by atoms with van der Waals surface area (Å²) in [4.78, 5) is 4.85. The number of hydrogen-bond donors (Lipinski definition) is 0. The van der Waals surface area contributed by atoms with Gasteiger partial charge in [-0.1, -0.05) is 24.3 Å². The van der Waals surface area contributed by atoms with E-state index in [1.807, 2.05) is 67.6 Å². The zero-order valence-corrected chi connectivity index (χ0v) is 17.5. The third-order valence-corrected chi connectivity index (χ3v) is 4.99. The maximum atomic E-state index is 6.20. The molecule has 1 atom stereocenters. The highest BCUT2D eigenvalue weighted by molar-refractivity contribution is 5.76. The van der Waals surface area contributed by atoms with Crippen LogP contribution in [0.2, 0.25) is 0 Å². The van der Waals surface area contributed by atoms with E-state index in [9.17, 15) is 0 Å². The lowest BCUT2D eigenvalue weighted by atomic mass is 10.2. The maximum absolute atomic E-state index is 6.20. The molecular formula is C25H26N2O3. The molecule has 3 aromatic carbocycles. The molecule has 0 spiro atoms. The van der Waals surface area contributed by atoms with E-state index in [4.69, 9.17) is 19.2 Å². The van der Waals surface area contributed by atoms with Crippen LogP contribution >= 0.6 is 0 Å². The Kier molecular flexibility index (Phi) is 5.89. The Morgan fingerprint density at radius 2 is 1.67 bits per heavy atom. The van der Waals surface area contributed by atoms with Gasteiger partial charge in [0, 0.05) is 0 Å². The molecular weight excluding hydrogens is 376 g/mol. The van der Waals surface area contributed by atoms with Crippen LogP contribution in [0.1, 0.15) is 24.4 Å². The summed E-state index contributed by atoms with van der Waals surface area (Å²) in [6.07, 6.45) is -0.194. The third-order valence-electron chi connectivity index (χ3n) is 4.99. The molecule has 154 valence electrons. The SMILES string of the molecule is COc1ccc(OCCn2c(C(C)Oc3cccc(C)c3)nc3ccccc32)cc1. The van der Waals surface area contributed by atoms with Crippen molar-refractivity contribution >= 4 is 11.0 Å². The minimum atomic E-state index is -0.194. The van der Waals surface area contributed by atoms with E-state index in [2.05, 4.69) is 23.6 Å². The number of aryl methyl sites for hydroxylation is 1. The van der Waals surface area contributed by atoms with E-state index in [0.717, 1.165) is 34.1 Å². The van der Waals surface area contributed by atoms with Gasteiger partial charge in [0.05, 0.1) is 24.7 Å². The van der Waals surface area contributed by atoms with Gasteiger partial charge in [0.15, 0.2) is 11.9 Å². The molecule has 0 aliphatic carbocycles. The fourth-order valence-corrected chi connectivity index (χ4v) is 3.51. The molecule has 0 N–H and O–H groups in total. The van der Waals surface area contributed by atoms with Crippen molar-refractivity contribution in [1.82, 2.24) is 9.55 Å². The van der Waals surface area contributed by atoms with Gasteiger partial charge >= 0.3 is 0 Å². The second-order valence-electron chi connectivity index (χ2n) is 7.21. The van der Waals surface area contributed by atoms with E-state index in [-0.39, 0.29) is 6.10 Å². The molecule has 0 amide bonds. The molecule has 0 saturated carbocycles. The van der Waals surface area contributed by atoms with Crippen molar-refractivity contribution in [1.29, 1.82) is 0 Å². The number of ether oxygens (including phenoxy) is 3. The zero-order chi connectivity index (χ0) is 20.9. The average Bonchev–Trinajstić information content (AvgIpc) is 3.13. The lowest BCUT2D eigenvalue weighted by Gasteiger charge is -2.17. The first-order valence-corrected chi connectivity index (χ1v) is 10.1. The van der Waals surface area contributed by atoms with Crippen LogP contribution in [0.3, 0.4) is 0 Å². The van der Waals surface area contributed by atoms with Gasteiger partial charge in [-0.05, 0) is 67.9 Å². The molecule has 1 heterocycles. The lowest BCUT2D eigenvalue weighted by molar-refractivity contribution is 0.207.